The van der Waals surface area contributed by atoms with Crippen LogP contribution in [0.4, 0.5) is 0 Å². The van der Waals surface area contributed by atoms with Crippen LogP contribution in [0.25, 0.3) is 0 Å². The molecule has 0 aromatic carbocycles. The number of aryl methyl sites for hydroxylation is 1. The Kier molecular flexibility index (Phi) is 10.2. The van der Waals surface area contributed by atoms with Gasteiger partial charge in [-0.25, -0.2) is 0 Å². The van der Waals surface area contributed by atoms with E-state index in [1.165, 1.54) is 11.3 Å². The summed E-state index contributed by atoms with van der Waals surface area (Å²) in [6.45, 7) is 0. The number of unbranched alkanes of at least 4 members (excludes halogenated alkanes) is 1. The van der Waals surface area contributed by atoms with E-state index in [1.807, 2.05) is 24.3 Å². The van der Waals surface area contributed by atoms with Gasteiger partial charge in [0.2, 0.25) is 5.91 Å². The van der Waals surface area contributed by atoms with Gasteiger partial charge in [-0.3, -0.25) is 4.79 Å². The van der Waals surface area contributed by atoms with Crippen LogP contribution < -0.4 is 5.73 Å². The Labute approximate surface area is 185 Å². The molecule has 0 spiro atoms. The molecule has 29 heavy (non-hydrogen) atoms. The molecule has 0 unspecified atom stereocenters. The van der Waals surface area contributed by atoms with Crippen molar-refractivity contribution in [3.8, 4) is 0 Å². The third kappa shape index (κ3) is 8.04. The van der Waals surface area contributed by atoms with E-state index in [9.17, 15) is 20.1 Å². The van der Waals surface area contributed by atoms with Crippen molar-refractivity contribution < 1.29 is 20.1 Å². The van der Waals surface area contributed by atoms with Crippen molar-refractivity contribution in [3.05, 3.63) is 44.6 Å². The number of primary amides is 1. The van der Waals surface area contributed by atoms with Crippen LogP contribution in [0.1, 0.15) is 44.1 Å². The van der Waals surface area contributed by atoms with Crippen molar-refractivity contribution in [2.24, 2.45) is 17.6 Å². The van der Waals surface area contributed by atoms with Crippen LogP contribution in [0.15, 0.2) is 30.4 Å². The Hall–Kier alpha value is -0.890. The van der Waals surface area contributed by atoms with E-state index < -0.39 is 18.3 Å². The van der Waals surface area contributed by atoms with Gasteiger partial charge in [0.25, 0.3) is 0 Å². The quantitative estimate of drug-likeness (QED) is 0.296. The van der Waals surface area contributed by atoms with Crippen molar-refractivity contribution >= 4 is 40.4 Å². The summed E-state index contributed by atoms with van der Waals surface area (Å²) in [4.78, 5) is 10.7. The molecule has 1 amide bonds. The molecular weight excluding hydrogens is 433 g/mol. The molecule has 1 aliphatic rings. The first-order valence-electron chi connectivity index (χ1n) is 9.87. The summed E-state index contributed by atoms with van der Waals surface area (Å²) in [6, 6.07) is 1.81. The largest absolute Gasteiger partial charge is 0.393 e. The molecule has 1 saturated carbocycles. The number of carbonyl (C=O) groups excluding carboxylic acids is 1. The number of hydrogen-bond acceptors (Lipinski definition) is 5. The lowest BCUT2D eigenvalue weighted by molar-refractivity contribution is -0.118. The third-order valence-electron chi connectivity index (χ3n) is 5.28. The molecule has 0 aliphatic heterocycles. The topological polar surface area (TPSA) is 104 Å². The minimum atomic E-state index is -0.667. The number of allylic oxidation sites excluding steroid dienone is 2. The maximum absolute atomic E-state index is 10.7. The van der Waals surface area contributed by atoms with E-state index in [0.29, 0.717) is 47.2 Å². The lowest BCUT2D eigenvalue weighted by atomic mass is 9.89. The second-order valence-corrected chi connectivity index (χ2v) is 9.80. The molecule has 0 saturated heterocycles. The fraction of sp³-hybridized carbons (Fsp3) is 0.571. The molecule has 5 atom stereocenters. The average Bonchev–Trinajstić information content (AvgIpc) is 3.11. The zero-order valence-corrected chi connectivity index (χ0v) is 18.5. The highest BCUT2D eigenvalue weighted by Crippen LogP contribution is 2.36. The molecule has 8 heteroatoms. The summed E-state index contributed by atoms with van der Waals surface area (Å²) < 4.78 is 1.27. The first-order valence-corrected chi connectivity index (χ1v) is 11.4. The van der Waals surface area contributed by atoms with E-state index in [0.717, 1.165) is 12.0 Å². The molecule has 5 nitrogen and oxygen atoms in total. The molecular formula is C21H29Cl2NO4S. The SMILES string of the molecule is NC(=O)CCC/C=C\C[C@@H]1[C@@H](/C=C/[C@@H](O)CCc2cc(Cl)sc2Cl)[C@H](O)C[C@@H]1O. The molecule has 2 rings (SSSR count). The summed E-state index contributed by atoms with van der Waals surface area (Å²) in [5, 5.41) is 30.8. The van der Waals surface area contributed by atoms with Crippen LogP contribution in [0.3, 0.4) is 0 Å². The highest BCUT2D eigenvalue weighted by molar-refractivity contribution is 7.20. The van der Waals surface area contributed by atoms with Gasteiger partial charge in [-0.15, -0.1) is 11.3 Å². The van der Waals surface area contributed by atoms with E-state index in [4.69, 9.17) is 28.9 Å². The molecule has 5 N–H and O–H groups in total. The van der Waals surface area contributed by atoms with E-state index >= 15 is 0 Å². The van der Waals surface area contributed by atoms with Crippen molar-refractivity contribution in [1.29, 1.82) is 0 Å². The number of aliphatic hydroxyl groups is 3. The van der Waals surface area contributed by atoms with Crippen molar-refractivity contribution in [3.63, 3.8) is 0 Å². The second kappa shape index (κ2) is 12.1. The lowest BCUT2D eigenvalue weighted by Crippen LogP contribution is -2.20. The maximum atomic E-state index is 10.7. The Morgan fingerprint density at radius 1 is 1.31 bits per heavy atom. The number of thiophene rings is 1. The fourth-order valence-corrected chi connectivity index (χ4v) is 5.22. The summed E-state index contributed by atoms with van der Waals surface area (Å²) >= 11 is 13.4. The van der Waals surface area contributed by atoms with Gasteiger partial charge < -0.3 is 21.1 Å². The predicted molar refractivity (Wildman–Crippen MR) is 118 cm³/mol. The standard InChI is InChI=1S/C21H29Cl2NO4S/c22-19-11-13(21(23)29-19)7-8-14(25)9-10-16-15(17(26)12-18(16)27)5-3-1-2-4-6-20(24)28/h1,3,9-11,14-18,25-27H,2,4-8,12H2,(H2,24,28)/b3-1-,10-9+/t14-,15+,16+,17-,18+/m0/s1. The molecule has 162 valence electrons. The molecule has 1 heterocycles. The van der Waals surface area contributed by atoms with Gasteiger partial charge in [-0.05, 0) is 49.7 Å². The van der Waals surface area contributed by atoms with Crippen LogP contribution in [0, 0.1) is 11.8 Å². The summed E-state index contributed by atoms with van der Waals surface area (Å²) in [6.07, 6.45) is 9.47. The van der Waals surface area contributed by atoms with Gasteiger partial charge in [0.1, 0.15) is 0 Å². The van der Waals surface area contributed by atoms with Gasteiger partial charge in [0, 0.05) is 18.8 Å². The Morgan fingerprint density at radius 2 is 2.07 bits per heavy atom. The number of amides is 1. The number of hydrogen-bond donors (Lipinski definition) is 4. The van der Waals surface area contributed by atoms with Gasteiger partial charge in [0.15, 0.2) is 0 Å². The molecule has 1 aliphatic carbocycles. The molecule has 0 bridgehead atoms. The number of aliphatic hydroxyl groups excluding tert-OH is 3. The highest BCUT2D eigenvalue weighted by atomic mass is 35.5. The molecule has 1 aromatic rings. The summed E-state index contributed by atoms with van der Waals surface area (Å²) in [5.41, 5.74) is 6.04. The van der Waals surface area contributed by atoms with E-state index in [1.54, 1.807) is 6.08 Å². The van der Waals surface area contributed by atoms with Gasteiger partial charge >= 0.3 is 0 Å². The molecule has 1 fully saturated rings. The van der Waals surface area contributed by atoms with Crippen molar-refractivity contribution in [2.75, 3.05) is 0 Å². The van der Waals surface area contributed by atoms with Crippen LogP contribution in [-0.2, 0) is 11.2 Å². The predicted octanol–water partition coefficient (Wildman–Crippen LogP) is 3.86. The zero-order chi connectivity index (χ0) is 21.4. The third-order valence-corrected chi connectivity index (χ3v) is 6.85. The number of nitrogens with two attached hydrogens (primary N) is 1. The average molecular weight is 462 g/mol. The monoisotopic (exact) mass is 461 g/mol. The van der Waals surface area contributed by atoms with Crippen LogP contribution in [-0.4, -0.2) is 39.5 Å². The van der Waals surface area contributed by atoms with Crippen molar-refractivity contribution in [2.45, 2.75) is 63.3 Å². The van der Waals surface area contributed by atoms with E-state index in [-0.39, 0.29) is 17.7 Å². The Balaban J connectivity index is 1.84. The van der Waals surface area contributed by atoms with Crippen LogP contribution >= 0.6 is 34.5 Å². The molecule has 1 aromatic heterocycles. The summed E-state index contributed by atoms with van der Waals surface area (Å²) in [5.74, 6) is -0.624. The van der Waals surface area contributed by atoms with Crippen molar-refractivity contribution in [1.82, 2.24) is 0 Å². The Bertz CT molecular complexity index is 722. The van der Waals surface area contributed by atoms with Crippen LogP contribution in [0.2, 0.25) is 8.67 Å². The second-order valence-electron chi connectivity index (χ2n) is 7.52. The number of rotatable bonds is 11. The van der Waals surface area contributed by atoms with Gasteiger partial charge in [-0.2, -0.15) is 0 Å². The first-order chi connectivity index (χ1) is 13.8. The lowest BCUT2D eigenvalue weighted by Gasteiger charge is -2.19. The minimum absolute atomic E-state index is 0.106. The number of carbonyl (C=O) groups is 1. The first kappa shape index (κ1) is 24.4. The number of halogens is 2. The maximum Gasteiger partial charge on any atom is 0.217 e. The Morgan fingerprint density at radius 3 is 2.72 bits per heavy atom. The smallest absolute Gasteiger partial charge is 0.217 e. The normalized spacial score (nSPS) is 26.0. The van der Waals surface area contributed by atoms with Crippen LogP contribution in [0.5, 0.6) is 0 Å². The zero-order valence-electron chi connectivity index (χ0n) is 16.2. The molecule has 0 radical (unpaired) electrons. The fourth-order valence-electron chi connectivity index (χ4n) is 3.67. The minimum Gasteiger partial charge on any atom is -0.393 e. The van der Waals surface area contributed by atoms with Gasteiger partial charge in [-0.1, -0.05) is 47.5 Å². The summed E-state index contributed by atoms with van der Waals surface area (Å²) in [7, 11) is 0. The highest BCUT2D eigenvalue weighted by Gasteiger charge is 2.39. The van der Waals surface area contributed by atoms with Gasteiger partial charge in [0.05, 0.1) is 27.0 Å². The van der Waals surface area contributed by atoms with E-state index in [2.05, 4.69) is 0 Å².